The number of imidazole rings is 1. The Morgan fingerprint density at radius 1 is 0.917 bits per heavy atom. The number of para-hydroxylation sites is 1. The summed E-state index contributed by atoms with van der Waals surface area (Å²) in [4.78, 5) is 4.66. The lowest BCUT2D eigenvalue weighted by Gasteiger charge is -2.26. The Labute approximate surface area is 146 Å². The van der Waals surface area contributed by atoms with Gasteiger partial charge in [0.1, 0.15) is 5.82 Å². The summed E-state index contributed by atoms with van der Waals surface area (Å²) in [6.07, 6.45) is 4.01. The molecule has 3 rings (SSSR count). The monoisotopic (exact) mass is 334 g/mol. The molecule has 24 heavy (non-hydrogen) atoms. The number of hydrogen-bond acceptors (Lipinski definition) is 1. The van der Waals surface area contributed by atoms with E-state index in [0.717, 1.165) is 11.4 Å². The second kappa shape index (κ2) is 6.40. The predicted octanol–water partition coefficient (Wildman–Crippen LogP) is 5.21. The first-order valence-electron chi connectivity index (χ1n) is 8.62. The molecule has 124 valence electrons. The Bertz CT molecular complexity index is 827. The third kappa shape index (κ3) is 3.09. The number of nitrogens with zero attached hydrogens (tertiary/aromatic N) is 2. The fraction of sp³-hybridized carbons (Fsp3) is 0.286. The molecule has 0 aliphatic heterocycles. The van der Waals surface area contributed by atoms with Gasteiger partial charge in [-0.1, -0.05) is 82.0 Å². The highest BCUT2D eigenvalue weighted by Gasteiger charge is 2.25. The second-order valence-corrected chi connectivity index (χ2v) is 12.7. The summed E-state index contributed by atoms with van der Waals surface area (Å²) >= 11 is 0. The lowest BCUT2D eigenvalue weighted by atomic mass is 10.0. The molecule has 0 radical (unpaired) electrons. The molecule has 0 fully saturated rings. The minimum atomic E-state index is -1.48. The van der Waals surface area contributed by atoms with Gasteiger partial charge in [0.15, 0.2) is 0 Å². The molecular formula is C21H26N2Si. The summed E-state index contributed by atoms with van der Waals surface area (Å²) in [6.45, 7) is 11.8. The first kappa shape index (κ1) is 16.7. The fourth-order valence-electron chi connectivity index (χ4n) is 3.19. The Hall–Kier alpha value is -2.13. The molecule has 3 aromatic rings. The molecule has 0 aliphatic rings. The van der Waals surface area contributed by atoms with Gasteiger partial charge in [-0.2, -0.15) is 0 Å². The van der Waals surface area contributed by atoms with Crippen molar-refractivity contribution in [2.45, 2.75) is 39.4 Å². The molecule has 0 atom stereocenters. The van der Waals surface area contributed by atoms with Crippen LogP contribution in [0.3, 0.4) is 0 Å². The van der Waals surface area contributed by atoms with E-state index < -0.39 is 8.07 Å². The summed E-state index contributed by atoms with van der Waals surface area (Å²) in [7, 11) is -1.48. The van der Waals surface area contributed by atoms with Crippen molar-refractivity contribution >= 4 is 13.3 Å². The maximum absolute atomic E-state index is 4.66. The lowest BCUT2D eigenvalue weighted by molar-refractivity contribution is 0.849. The average molecular weight is 335 g/mol. The van der Waals surface area contributed by atoms with Crippen LogP contribution in [0.5, 0.6) is 0 Å². The topological polar surface area (TPSA) is 17.8 Å². The van der Waals surface area contributed by atoms with Gasteiger partial charge >= 0.3 is 0 Å². The van der Waals surface area contributed by atoms with Gasteiger partial charge in [0.05, 0.1) is 8.07 Å². The zero-order valence-electron chi connectivity index (χ0n) is 15.2. The van der Waals surface area contributed by atoms with Crippen molar-refractivity contribution in [3.8, 4) is 17.1 Å². The third-order valence-electron chi connectivity index (χ3n) is 4.41. The SMILES string of the molecule is CC(C)c1cccc([Si](C)(C)C)c1-n1ccnc1-c1ccccc1. The quantitative estimate of drug-likeness (QED) is 0.599. The standard InChI is InChI=1S/C21H26N2Si/c1-16(2)18-12-9-13-19(24(3,4)5)20(18)23-15-14-22-21(23)17-10-7-6-8-11-17/h6-16H,1-5H3. The molecule has 0 saturated carbocycles. The molecular weight excluding hydrogens is 308 g/mol. The molecule has 1 heterocycles. The van der Waals surface area contributed by atoms with E-state index in [1.807, 2.05) is 12.3 Å². The van der Waals surface area contributed by atoms with E-state index in [1.165, 1.54) is 16.4 Å². The summed E-state index contributed by atoms with van der Waals surface area (Å²) in [5, 5.41) is 1.49. The van der Waals surface area contributed by atoms with Gasteiger partial charge in [0.25, 0.3) is 0 Å². The van der Waals surface area contributed by atoms with Crippen molar-refractivity contribution in [2.75, 3.05) is 0 Å². The van der Waals surface area contributed by atoms with E-state index in [9.17, 15) is 0 Å². The smallest absolute Gasteiger partial charge is 0.144 e. The van der Waals surface area contributed by atoms with Gasteiger partial charge in [-0.05, 0) is 16.7 Å². The summed E-state index contributed by atoms with van der Waals surface area (Å²) in [5.74, 6) is 1.49. The Balaban J connectivity index is 2.30. The van der Waals surface area contributed by atoms with Crippen LogP contribution in [-0.2, 0) is 0 Å². The van der Waals surface area contributed by atoms with Crippen molar-refractivity contribution < 1.29 is 0 Å². The van der Waals surface area contributed by atoms with Gasteiger partial charge in [0, 0.05) is 23.6 Å². The van der Waals surface area contributed by atoms with Crippen LogP contribution in [-0.4, -0.2) is 17.6 Å². The van der Waals surface area contributed by atoms with E-state index in [0.29, 0.717) is 5.92 Å². The van der Waals surface area contributed by atoms with Crippen LogP contribution in [0.1, 0.15) is 25.3 Å². The fourth-order valence-corrected chi connectivity index (χ4v) is 4.76. The van der Waals surface area contributed by atoms with Gasteiger partial charge in [-0.25, -0.2) is 4.98 Å². The zero-order valence-corrected chi connectivity index (χ0v) is 16.2. The van der Waals surface area contributed by atoms with Crippen molar-refractivity contribution in [1.82, 2.24) is 9.55 Å². The Morgan fingerprint density at radius 3 is 2.25 bits per heavy atom. The van der Waals surface area contributed by atoms with Gasteiger partial charge < -0.3 is 0 Å². The maximum Gasteiger partial charge on any atom is 0.144 e. The molecule has 1 aromatic heterocycles. The minimum absolute atomic E-state index is 0.474. The maximum atomic E-state index is 4.66. The Morgan fingerprint density at radius 2 is 1.62 bits per heavy atom. The highest BCUT2D eigenvalue weighted by molar-refractivity contribution is 6.89. The van der Waals surface area contributed by atoms with E-state index in [4.69, 9.17) is 0 Å². The third-order valence-corrected chi connectivity index (χ3v) is 6.43. The molecule has 0 aliphatic carbocycles. The minimum Gasteiger partial charge on any atom is -0.300 e. The first-order valence-corrected chi connectivity index (χ1v) is 12.1. The van der Waals surface area contributed by atoms with Crippen LogP contribution < -0.4 is 5.19 Å². The highest BCUT2D eigenvalue weighted by Crippen LogP contribution is 2.28. The predicted molar refractivity (Wildman–Crippen MR) is 106 cm³/mol. The summed E-state index contributed by atoms with van der Waals surface area (Å²) < 4.78 is 2.29. The molecule has 0 saturated heterocycles. The molecule has 2 nitrogen and oxygen atoms in total. The van der Waals surface area contributed by atoms with E-state index in [1.54, 1.807) is 0 Å². The molecule has 3 heteroatoms. The van der Waals surface area contributed by atoms with Gasteiger partial charge in [0.2, 0.25) is 0 Å². The van der Waals surface area contributed by atoms with Crippen molar-refractivity contribution in [1.29, 1.82) is 0 Å². The van der Waals surface area contributed by atoms with Crippen molar-refractivity contribution in [3.05, 3.63) is 66.5 Å². The van der Waals surface area contributed by atoms with E-state index in [-0.39, 0.29) is 0 Å². The normalized spacial score (nSPS) is 11.9. The van der Waals surface area contributed by atoms with Crippen LogP contribution in [0.15, 0.2) is 60.9 Å². The number of benzene rings is 2. The van der Waals surface area contributed by atoms with Crippen LogP contribution >= 0.6 is 0 Å². The van der Waals surface area contributed by atoms with E-state index in [2.05, 4.69) is 91.7 Å². The number of hydrogen-bond donors (Lipinski definition) is 0. The molecule has 0 amide bonds. The molecule has 0 spiro atoms. The van der Waals surface area contributed by atoms with Crippen molar-refractivity contribution in [2.24, 2.45) is 0 Å². The van der Waals surface area contributed by atoms with Crippen molar-refractivity contribution in [3.63, 3.8) is 0 Å². The highest BCUT2D eigenvalue weighted by atomic mass is 28.3. The van der Waals surface area contributed by atoms with E-state index >= 15 is 0 Å². The summed E-state index contributed by atoms with van der Waals surface area (Å²) in [6, 6.07) is 17.2. The van der Waals surface area contributed by atoms with Crippen LogP contribution in [0.25, 0.3) is 17.1 Å². The molecule has 0 N–H and O–H groups in total. The first-order chi connectivity index (χ1) is 11.4. The van der Waals surface area contributed by atoms with Gasteiger partial charge in [-0.15, -0.1) is 0 Å². The average Bonchev–Trinajstić information content (AvgIpc) is 3.03. The number of aromatic nitrogens is 2. The van der Waals surface area contributed by atoms with Crippen LogP contribution in [0.4, 0.5) is 0 Å². The van der Waals surface area contributed by atoms with Crippen LogP contribution in [0, 0.1) is 0 Å². The Kier molecular flexibility index (Phi) is 4.46. The van der Waals surface area contributed by atoms with Gasteiger partial charge in [-0.3, -0.25) is 4.57 Å². The van der Waals surface area contributed by atoms with Crippen LogP contribution in [0.2, 0.25) is 19.6 Å². The lowest BCUT2D eigenvalue weighted by Crippen LogP contribution is -2.41. The molecule has 0 bridgehead atoms. The largest absolute Gasteiger partial charge is 0.300 e. The molecule has 0 unspecified atom stereocenters. The molecule has 2 aromatic carbocycles. The number of rotatable bonds is 4. The summed E-state index contributed by atoms with van der Waals surface area (Å²) in [5.41, 5.74) is 3.88. The second-order valence-electron chi connectivity index (χ2n) is 7.63. The zero-order chi connectivity index (χ0) is 17.3.